The van der Waals surface area contributed by atoms with E-state index in [4.69, 9.17) is 34.8 Å². The number of aromatic nitrogens is 4. The second-order valence-electron chi connectivity index (χ2n) is 5.19. The molecule has 0 atom stereocenters. The molecule has 0 bridgehead atoms. The van der Waals surface area contributed by atoms with Crippen molar-refractivity contribution in [2.75, 3.05) is 5.32 Å². The Morgan fingerprint density at radius 3 is 2.64 bits per heavy atom. The number of carbonyl (C=O) groups is 1. The minimum atomic E-state index is -0.367. The van der Waals surface area contributed by atoms with E-state index in [2.05, 4.69) is 31.4 Å². The summed E-state index contributed by atoms with van der Waals surface area (Å²) in [7, 11) is 1.67. The smallest absolute Gasteiger partial charge is 0.276 e. The highest BCUT2D eigenvalue weighted by Gasteiger charge is 2.18. The van der Waals surface area contributed by atoms with Crippen LogP contribution in [-0.4, -0.2) is 25.5 Å². The Morgan fingerprint density at radius 2 is 2.00 bits per heavy atom. The molecule has 0 spiro atoms. The quantitative estimate of drug-likeness (QED) is 0.613. The van der Waals surface area contributed by atoms with Gasteiger partial charge in [-0.05, 0) is 33.6 Å². The summed E-state index contributed by atoms with van der Waals surface area (Å²) in [6, 6.07) is 5.31. The number of benzene rings is 1. The number of aryl methyl sites for hydroxylation is 1. The summed E-state index contributed by atoms with van der Waals surface area (Å²) in [6.07, 6.45) is 3.16. The minimum absolute atomic E-state index is 0.264. The number of nitrogens with zero attached hydrogens (tertiary/aromatic N) is 4. The lowest BCUT2D eigenvalue weighted by molar-refractivity contribution is 0.101. The molecule has 25 heavy (non-hydrogen) atoms. The van der Waals surface area contributed by atoms with Gasteiger partial charge in [-0.2, -0.15) is 10.2 Å². The lowest BCUT2D eigenvalue weighted by Crippen LogP contribution is -2.17. The van der Waals surface area contributed by atoms with Gasteiger partial charge in [-0.15, -0.1) is 0 Å². The van der Waals surface area contributed by atoms with Gasteiger partial charge in [0.25, 0.3) is 5.91 Å². The van der Waals surface area contributed by atoms with Gasteiger partial charge in [0.15, 0.2) is 5.82 Å². The first kappa shape index (κ1) is 18.3. The van der Waals surface area contributed by atoms with E-state index in [1.807, 2.05) is 6.07 Å². The summed E-state index contributed by atoms with van der Waals surface area (Å²) >= 11 is 21.4. The molecule has 1 aromatic carbocycles. The molecule has 0 saturated heterocycles. The van der Waals surface area contributed by atoms with Crippen LogP contribution in [0.5, 0.6) is 0 Å². The molecular formula is C15H11BrCl3N5O. The van der Waals surface area contributed by atoms with E-state index in [-0.39, 0.29) is 11.7 Å². The zero-order valence-corrected chi connectivity index (χ0v) is 16.7. The van der Waals surface area contributed by atoms with Gasteiger partial charge in [0, 0.05) is 13.2 Å². The van der Waals surface area contributed by atoms with Gasteiger partial charge in [0.1, 0.15) is 10.7 Å². The molecule has 2 heterocycles. The molecule has 0 unspecified atom stereocenters. The fourth-order valence-electron chi connectivity index (χ4n) is 2.22. The number of amides is 1. The zero-order chi connectivity index (χ0) is 18.1. The summed E-state index contributed by atoms with van der Waals surface area (Å²) in [4.78, 5) is 12.4. The van der Waals surface area contributed by atoms with Crippen LogP contribution >= 0.6 is 50.7 Å². The van der Waals surface area contributed by atoms with Gasteiger partial charge in [-0.3, -0.25) is 14.2 Å². The van der Waals surface area contributed by atoms with E-state index in [0.717, 1.165) is 5.56 Å². The van der Waals surface area contributed by atoms with Crippen molar-refractivity contribution in [1.29, 1.82) is 0 Å². The molecule has 1 N–H and O–H groups in total. The van der Waals surface area contributed by atoms with Crippen molar-refractivity contribution >= 4 is 62.5 Å². The van der Waals surface area contributed by atoms with Crippen molar-refractivity contribution in [1.82, 2.24) is 19.6 Å². The average Bonchev–Trinajstić information content (AvgIpc) is 3.05. The number of hydrogen-bond donors (Lipinski definition) is 1. The van der Waals surface area contributed by atoms with E-state index in [1.165, 1.54) is 4.68 Å². The predicted molar refractivity (Wildman–Crippen MR) is 102 cm³/mol. The molecule has 0 radical (unpaired) electrons. The molecule has 3 rings (SSSR count). The van der Waals surface area contributed by atoms with Gasteiger partial charge in [-0.25, -0.2) is 0 Å². The van der Waals surface area contributed by atoms with Crippen molar-refractivity contribution in [2.24, 2.45) is 7.05 Å². The van der Waals surface area contributed by atoms with E-state index in [9.17, 15) is 4.79 Å². The Morgan fingerprint density at radius 1 is 1.24 bits per heavy atom. The monoisotopic (exact) mass is 461 g/mol. The molecule has 0 saturated carbocycles. The fraction of sp³-hybridized carbons (Fsp3) is 0.133. The molecule has 2 aromatic heterocycles. The van der Waals surface area contributed by atoms with Gasteiger partial charge >= 0.3 is 0 Å². The summed E-state index contributed by atoms with van der Waals surface area (Å²) in [5.41, 5.74) is 1.27. The minimum Gasteiger partial charge on any atom is -0.302 e. The lowest BCUT2D eigenvalue weighted by Gasteiger charge is -2.05. The van der Waals surface area contributed by atoms with Crippen LogP contribution in [-0.2, 0) is 13.6 Å². The van der Waals surface area contributed by atoms with Crippen LogP contribution < -0.4 is 5.32 Å². The van der Waals surface area contributed by atoms with Crippen LogP contribution in [0.25, 0.3) is 0 Å². The molecule has 0 aliphatic heterocycles. The molecule has 3 aromatic rings. The van der Waals surface area contributed by atoms with Crippen LogP contribution in [0.4, 0.5) is 5.82 Å². The van der Waals surface area contributed by atoms with E-state index in [0.29, 0.717) is 31.8 Å². The number of anilines is 1. The standard InChI is InChI=1S/C15H11BrCl3N5O/c1-23-13(9(16)5-20-23)15(25)21-14-12(19)7-24(22-14)6-8-2-3-10(17)11(18)4-8/h2-5,7H,6H2,1H3,(H,21,22,25). The summed E-state index contributed by atoms with van der Waals surface area (Å²) < 4.78 is 3.65. The number of halogens is 4. The summed E-state index contributed by atoms with van der Waals surface area (Å²) in [6.45, 7) is 0.432. The summed E-state index contributed by atoms with van der Waals surface area (Å²) in [5, 5.41) is 12.3. The molecule has 0 aliphatic rings. The van der Waals surface area contributed by atoms with Gasteiger partial charge in [0.05, 0.1) is 27.3 Å². The third-order valence-corrected chi connectivity index (χ3v) is 4.98. The number of nitrogens with one attached hydrogen (secondary N) is 1. The van der Waals surface area contributed by atoms with Crippen molar-refractivity contribution in [2.45, 2.75) is 6.54 Å². The molecule has 1 amide bonds. The lowest BCUT2D eigenvalue weighted by atomic mass is 10.2. The topological polar surface area (TPSA) is 64.7 Å². The third kappa shape index (κ3) is 4.00. The average molecular weight is 464 g/mol. The highest BCUT2D eigenvalue weighted by molar-refractivity contribution is 9.10. The normalized spacial score (nSPS) is 10.9. The third-order valence-electron chi connectivity index (χ3n) is 3.39. The highest BCUT2D eigenvalue weighted by atomic mass is 79.9. The number of hydrogen-bond acceptors (Lipinski definition) is 3. The van der Waals surface area contributed by atoms with Crippen LogP contribution in [0.3, 0.4) is 0 Å². The van der Waals surface area contributed by atoms with Crippen molar-refractivity contribution in [3.8, 4) is 0 Å². The van der Waals surface area contributed by atoms with Gasteiger partial charge in [-0.1, -0.05) is 40.9 Å². The molecule has 130 valence electrons. The zero-order valence-electron chi connectivity index (χ0n) is 12.8. The maximum Gasteiger partial charge on any atom is 0.276 e. The second-order valence-corrected chi connectivity index (χ2v) is 7.27. The van der Waals surface area contributed by atoms with E-state index in [1.54, 1.807) is 36.3 Å². The first-order chi connectivity index (χ1) is 11.8. The predicted octanol–water partition coefficient (Wildman–Crippen LogP) is 4.64. The SMILES string of the molecule is Cn1ncc(Br)c1C(=O)Nc1nn(Cc2ccc(Cl)c(Cl)c2)cc1Cl. The fourth-order valence-corrected chi connectivity index (χ4v) is 3.27. The molecule has 0 fully saturated rings. The van der Waals surface area contributed by atoms with Crippen molar-refractivity contribution in [3.05, 3.63) is 61.4 Å². The van der Waals surface area contributed by atoms with Crippen LogP contribution in [0.1, 0.15) is 16.1 Å². The van der Waals surface area contributed by atoms with Gasteiger partial charge in [0.2, 0.25) is 0 Å². The Kier molecular flexibility index (Phi) is 5.38. The Bertz CT molecular complexity index is 933. The molecule has 0 aliphatic carbocycles. The number of carbonyl (C=O) groups excluding carboxylic acids is 1. The van der Waals surface area contributed by atoms with Crippen LogP contribution in [0.15, 0.2) is 35.1 Å². The summed E-state index contributed by atoms with van der Waals surface area (Å²) in [5.74, 6) is -0.103. The molecule has 6 nitrogen and oxygen atoms in total. The van der Waals surface area contributed by atoms with Gasteiger partial charge < -0.3 is 5.32 Å². The Labute approximate surface area is 166 Å². The highest BCUT2D eigenvalue weighted by Crippen LogP contribution is 2.25. The van der Waals surface area contributed by atoms with Crippen LogP contribution in [0, 0.1) is 0 Å². The first-order valence-corrected chi connectivity index (χ1v) is 8.93. The maximum absolute atomic E-state index is 12.4. The largest absolute Gasteiger partial charge is 0.302 e. The Balaban J connectivity index is 1.78. The van der Waals surface area contributed by atoms with E-state index < -0.39 is 0 Å². The van der Waals surface area contributed by atoms with Crippen molar-refractivity contribution in [3.63, 3.8) is 0 Å². The van der Waals surface area contributed by atoms with E-state index >= 15 is 0 Å². The second kappa shape index (κ2) is 7.37. The van der Waals surface area contributed by atoms with Crippen molar-refractivity contribution < 1.29 is 4.79 Å². The molecular weight excluding hydrogens is 452 g/mol. The van der Waals surface area contributed by atoms with Crippen LogP contribution in [0.2, 0.25) is 15.1 Å². The number of rotatable bonds is 4. The Hall–Kier alpha value is -1.54. The first-order valence-electron chi connectivity index (χ1n) is 7.01. The maximum atomic E-state index is 12.4. The molecule has 10 heteroatoms.